The second kappa shape index (κ2) is 11.8. The number of hydrogen-bond acceptors (Lipinski definition) is 4. The van der Waals surface area contributed by atoms with Crippen molar-refractivity contribution in [3.8, 4) is 22.6 Å². The average molecular weight is 525 g/mol. The number of nitrogens with one attached hydrogen (secondary N) is 3. The van der Waals surface area contributed by atoms with Gasteiger partial charge in [0.1, 0.15) is 11.6 Å². The summed E-state index contributed by atoms with van der Waals surface area (Å²) >= 11 is 0. The molecule has 0 bridgehead atoms. The Morgan fingerprint density at radius 3 is 2.43 bits per heavy atom. The number of H-pyrrole nitrogens is 1. The summed E-state index contributed by atoms with van der Waals surface area (Å²) in [5.74, 6) is -1.28. The predicted octanol–water partition coefficient (Wildman–Crippen LogP) is 6.37. The molecule has 12 heteroatoms. The minimum atomic E-state index is -4.72. The van der Waals surface area contributed by atoms with Crippen LogP contribution in [0.3, 0.4) is 0 Å². The van der Waals surface area contributed by atoms with E-state index in [0.29, 0.717) is 11.1 Å². The molecule has 3 N–H and O–H groups in total. The van der Waals surface area contributed by atoms with E-state index in [9.17, 15) is 31.5 Å². The highest BCUT2D eigenvalue weighted by molar-refractivity contribution is 6.00. The third-order valence-corrected chi connectivity index (χ3v) is 4.86. The highest BCUT2D eigenvalue weighted by atomic mass is 19.4. The first-order chi connectivity index (χ1) is 17.5. The van der Waals surface area contributed by atoms with E-state index in [1.54, 1.807) is 13.8 Å². The Balaban J connectivity index is 1.74. The zero-order valence-corrected chi connectivity index (χ0v) is 19.8. The zero-order chi connectivity index (χ0) is 27.2. The van der Waals surface area contributed by atoms with Gasteiger partial charge in [-0.25, -0.2) is 9.18 Å². The number of amides is 2. The van der Waals surface area contributed by atoms with Gasteiger partial charge in [-0.2, -0.15) is 13.2 Å². The Hall–Kier alpha value is -4.09. The van der Waals surface area contributed by atoms with E-state index in [0.717, 1.165) is 18.2 Å². The Kier molecular flexibility index (Phi) is 8.74. The van der Waals surface area contributed by atoms with Gasteiger partial charge < -0.3 is 25.1 Å². The third kappa shape index (κ3) is 7.45. The SMILES string of the molecule is CC(C)Oc1ccc(NC(=O)Nc2ccc(-c3c[nH]c(=O)c(OCCCF)c3)cc2F)cc1C(F)(F)F. The quantitative estimate of drug-likeness (QED) is 0.224. The molecular weight excluding hydrogens is 501 g/mol. The van der Waals surface area contributed by atoms with Crippen LogP contribution in [0.15, 0.2) is 53.5 Å². The van der Waals surface area contributed by atoms with Crippen molar-refractivity contribution in [3.63, 3.8) is 0 Å². The lowest BCUT2D eigenvalue weighted by atomic mass is 10.1. The van der Waals surface area contributed by atoms with Gasteiger partial charge in [0.05, 0.1) is 30.6 Å². The molecule has 0 aliphatic carbocycles. The summed E-state index contributed by atoms with van der Waals surface area (Å²) in [5.41, 5.74) is -1.27. The maximum absolute atomic E-state index is 14.7. The molecule has 0 spiro atoms. The van der Waals surface area contributed by atoms with Crippen molar-refractivity contribution in [2.45, 2.75) is 32.5 Å². The Bertz CT molecular complexity index is 1310. The lowest BCUT2D eigenvalue weighted by Gasteiger charge is -2.17. The molecule has 0 unspecified atom stereocenters. The molecule has 1 heterocycles. The molecule has 0 radical (unpaired) electrons. The molecule has 3 aromatic rings. The van der Waals surface area contributed by atoms with E-state index < -0.39 is 41.9 Å². The van der Waals surface area contributed by atoms with Crippen molar-refractivity contribution in [1.29, 1.82) is 0 Å². The second-order valence-electron chi connectivity index (χ2n) is 8.12. The van der Waals surface area contributed by atoms with Gasteiger partial charge in [-0.05, 0) is 55.8 Å². The first-order valence-corrected chi connectivity index (χ1v) is 11.1. The van der Waals surface area contributed by atoms with Crippen LogP contribution in [0.1, 0.15) is 25.8 Å². The number of hydrogen-bond donors (Lipinski definition) is 3. The molecule has 0 saturated heterocycles. The van der Waals surface area contributed by atoms with E-state index in [2.05, 4.69) is 15.6 Å². The maximum atomic E-state index is 14.7. The van der Waals surface area contributed by atoms with Gasteiger partial charge in [0.2, 0.25) is 0 Å². The first-order valence-electron chi connectivity index (χ1n) is 11.1. The number of pyridine rings is 1. The van der Waals surface area contributed by atoms with Gasteiger partial charge in [0, 0.05) is 23.9 Å². The number of urea groups is 1. The van der Waals surface area contributed by atoms with E-state index in [4.69, 9.17) is 9.47 Å². The zero-order valence-electron chi connectivity index (χ0n) is 19.8. The number of anilines is 2. The van der Waals surface area contributed by atoms with Crippen molar-refractivity contribution < 1.29 is 36.2 Å². The van der Waals surface area contributed by atoms with Crippen LogP contribution >= 0.6 is 0 Å². The standard InChI is InChI=1S/C25H24F5N3O4/c1-14(2)37-21-7-5-17(12-18(21)25(28,29)30)32-24(35)33-20-6-4-15(10-19(20)27)16-11-22(23(34)31-13-16)36-9-3-8-26/h4-7,10-14H,3,8-9H2,1-2H3,(H,31,34)(H2,32,33,35). The molecule has 37 heavy (non-hydrogen) atoms. The van der Waals surface area contributed by atoms with Gasteiger partial charge in [-0.3, -0.25) is 9.18 Å². The van der Waals surface area contributed by atoms with Crippen LogP contribution in [-0.4, -0.2) is 30.4 Å². The number of aromatic nitrogens is 1. The molecule has 0 aliphatic heterocycles. The number of carbonyl (C=O) groups excluding carboxylic acids is 1. The Morgan fingerprint density at radius 1 is 1.03 bits per heavy atom. The van der Waals surface area contributed by atoms with E-state index in [1.807, 2.05) is 0 Å². The van der Waals surface area contributed by atoms with Crippen molar-refractivity contribution in [2.75, 3.05) is 23.9 Å². The van der Waals surface area contributed by atoms with Gasteiger partial charge in [0.15, 0.2) is 5.75 Å². The molecule has 7 nitrogen and oxygen atoms in total. The highest BCUT2D eigenvalue weighted by Crippen LogP contribution is 2.38. The van der Waals surface area contributed by atoms with Gasteiger partial charge in [0.25, 0.3) is 5.56 Å². The van der Waals surface area contributed by atoms with Crippen LogP contribution in [0.4, 0.5) is 38.1 Å². The summed E-state index contributed by atoms with van der Waals surface area (Å²) in [4.78, 5) is 26.6. The molecule has 2 aromatic carbocycles. The van der Waals surface area contributed by atoms with E-state index >= 15 is 0 Å². The van der Waals surface area contributed by atoms with Crippen LogP contribution in [0.2, 0.25) is 0 Å². The summed E-state index contributed by atoms with van der Waals surface area (Å²) in [5, 5.41) is 4.48. The predicted molar refractivity (Wildman–Crippen MR) is 128 cm³/mol. The molecule has 1 aromatic heterocycles. The smallest absolute Gasteiger partial charge is 0.420 e. The van der Waals surface area contributed by atoms with Gasteiger partial charge in [-0.1, -0.05) is 6.07 Å². The van der Waals surface area contributed by atoms with Crippen molar-refractivity contribution >= 4 is 17.4 Å². The van der Waals surface area contributed by atoms with Crippen LogP contribution in [-0.2, 0) is 6.18 Å². The number of ether oxygens (including phenoxy) is 2. The number of aromatic amines is 1. The maximum Gasteiger partial charge on any atom is 0.420 e. The molecular formula is C25H24F5N3O4. The Morgan fingerprint density at radius 2 is 1.78 bits per heavy atom. The minimum absolute atomic E-state index is 0.00664. The average Bonchev–Trinajstić information content (AvgIpc) is 2.81. The largest absolute Gasteiger partial charge is 0.490 e. The number of alkyl halides is 4. The van der Waals surface area contributed by atoms with Crippen molar-refractivity contribution in [2.24, 2.45) is 0 Å². The third-order valence-electron chi connectivity index (χ3n) is 4.86. The summed E-state index contributed by atoms with van der Waals surface area (Å²) in [6.45, 7) is 2.55. The molecule has 198 valence electrons. The van der Waals surface area contributed by atoms with Crippen LogP contribution in [0, 0.1) is 5.82 Å². The van der Waals surface area contributed by atoms with Crippen LogP contribution in [0.25, 0.3) is 11.1 Å². The van der Waals surface area contributed by atoms with Crippen molar-refractivity contribution in [3.05, 3.63) is 70.4 Å². The van der Waals surface area contributed by atoms with Gasteiger partial charge in [-0.15, -0.1) is 0 Å². The number of rotatable bonds is 9. The lowest BCUT2D eigenvalue weighted by Crippen LogP contribution is -2.21. The molecule has 0 fully saturated rings. The second-order valence-corrected chi connectivity index (χ2v) is 8.12. The normalized spacial score (nSPS) is 11.4. The fourth-order valence-corrected chi connectivity index (χ4v) is 3.24. The first kappa shape index (κ1) is 27.5. The molecule has 0 aliphatic rings. The minimum Gasteiger partial charge on any atom is -0.490 e. The number of benzene rings is 2. The van der Waals surface area contributed by atoms with Crippen LogP contribution < -0.4 is 25.7 Å². The fraction of sp³-hybridized carbons (Fsp3) is 0.280. The number of halogens is 5. The fourth-order valence-electron chi connectivity index (χ4n) is 3.24. The number of carbonyl (C=O) groups is 1. The topological polar surface area (TPSA) is 92.5 Å². The van der Waals surface area contributed by atoms with Crippen molar-refractivity contribution in [1.82, 2.24) is 4.98 Å². The van der Waals surface area contributed by atoms with Crippen LogP contribution in [0.5, 0.6) is 11.5 Å². The monoisotopic (exact) mass is 525 g/mol. The molecule has 3 rings (SSSR count). The van der Waals surface area contributed by atoms with E-state index in [1.165, 1.54) is 30.5 Å². The summed E-state index contributed by atoms with van der Waals surface area (Å²) in [6.07, 6.45) is -3.77. The molecule has 2 amide bonds. The lowest BCUT2D eigenvalue weighted by molar-refractivity contribution is -0.139. The molecule has 0 saturated carbocycles. The Labute approximate surface area is 208 Å². The summed E-state index contributed by atoms with van der Waals surface area (Å²) in [6, 6.07) is 7.25. The summed E-state index contributed by atoms with van der Waals surface area (Å²) in [7, 11) is 0. The van der Waals surface area contributed by atoms with Gasteiger partial charge >= 0.3 is 12.2 Å². The summed E-state index contributed by atoms with van der Waals surface area (Å²) < 4.78 is 77.7. The van der Waals surface area contributed by atoms with E-state index in [-0.39, 0.29) is 35.9 Å². The molecule has 0 atom stereocenters. The highest BCUT2D eigenvalue weighted by Gasteiger charge is 2.35.